The van der Waals surface area contributed by atoms with Crippen molar-refractivity contribution in [1.29, 1.82) is 0 Å². The molecule has 0 spiro atoms. The Morgan fingerprint density at radius 2 is 1.96 bits per heavy atom. The van der Waals surface area contributed by atoms with Crippen molar-refractivity contribution < 1.29 is 22.9 Å². The van der Waals surface area contributed by atoms with E-state index in [0.717, 1.165) is 0 Å². The van der Waals surface area contributed by atoms with Gasteiger partial charge in [0, 0.05) is 43.9 Å². The summed E-state index contributed by atoms with van der Waals surface area (Å²) in [6, 6.07) is 3.78. The van der Waals surface area contributed by atoms with E-state index in [1.54, 1.807) is 0 Å². The maximum atomic E-state index is 11.8. The van der Waals surface area contributed by atoms with Crippen LogP contribution in [0.2, 0.25) is 0 Å². The van der Waals surface area contributed by atoms with Gasteiger partial charge in [-0.1, -0.05) is 11.8 Å². The minimum atomic E-state index is -3.19. The molecule has 0 aliphatic carbocycles. The number of hydrogen-bond acceptors (Lipinski definition) is 7. The second-order valence-electron chi connectivity index (χ2n) is 5.72. The van der Waals surface area contributed by atoms with Gasteiger partial charge in [0.25, 0.3) is 5.69 Å². The van der Waals surface area contributed by atoms with E-state index in [1.165, 1.54) is 35.9 Å². The average molecular weight is 381 g/mol. The molecule has 1 aromatic rings. The number of hydrogen-bond donors (Lipinski definition) is 0. The number of sulfonamides is 1. The van der Waals surface area contributed by atoms with Crippen molar-refractivity contribution in [3.8, 4) is 11.8 Å². The number of methoxy groups -OCH3 is 1. The van der Waals surface area contributed by atoms with Gasteiger partial charge >= 0.3 is 5.97 Å². The van der Waals surface area contributed by atoms with Gasteiger partial charge < -0.3 is 4.74 Å². The molecule has 0 N–H and O–H groups in total. The van der Waals surface area contributed by atoms with Crippen LogP contribution in [-0.4, -0.2) is 74.6 Å². The van der Waals surface area contributed by atoms with Crippen LogP contribution >= 0.6 is 0 Å². The third kappa shape index (κ3) is 5.01. The van der Waals surface area contributed by atoms with E-state index in [0.29, 0.717) is 32.7 Å². The summed E-state index contributed by atoms with van der Waals surface area (Å²) in [5, 5.41) is 10.9. The number of benzene rings is 1. The predicted octanol–water partition coefficient (Wildman–Crippen LogP) is 0.310. The van der Waals surface area contributed by atoms with E-state index < -0.39 is 20.9 Å². The smallest absolute Gasteiger partial charge is 0.339 e. The molecule has 140 valence electrons. The molecule has 0 radical (unpaired) electrons. The Kier molecular flexibility index (Phi) is 6.31. The molecule has 0 bridgehead atoms. The van der Waals surface area contributed by atoms with Gasteiger partial charge in [-0.15, -0.1) is 0 Å². The molecule has 1 saturated heterocycles. The van der Waals surface area contributed by atoms with Crippen molar-refractivity contribution in [2.24, 2.45) is 0 Å². The van der Waals surface area contributed by atoms with Crippen LogP contribution in [0, 0.1) is 22.0 Å². The van der Waals surface area contributed by atoms with Crippen molar-refractivity contribution >= 4 is 21.7 Å². The Labute approximate surface area is 151 Å². The topological polar surface area (TPSA) is 110 Å². The summed E-state index contributed by atoms with van der Waals surface area (Å²) in [5.41, 5.74) is 0.219. The highest BCUT2D eigenvalue weighted by atomic mass is 32.2. The number of rotatable bonds is 4. The highest BCUT2D eigenvalue weighted by molar-refractivity contribution is 7.88. The third-order valence-electron chi connectivity index (χ3n) is 3.95. The molecule has 1 fully saturated rings. The molecule has 1 heterocycles. The number of ether oxygens (including phenoxy) is 1. The molecule has 9 nitrogen and oxygen atoms in total. The van der Waals surface area contributed by atoms with Crippen molar-refractivity contribution in [2.75, 3.05) is 46.1 Å². The van der Waals surface area contributed by atoms with Crippen LogP contribution < -0.4 is 0 Å². The van der Waals surface area contributed by atoms with Crippen LogP contribution in [0.25, 0.3) is 0 Å². The van der Waals surface area contributed by atoms with E-state index in [2.05, 4.69) is 16.6 Å². The molecule has 0 atom stereocenters. The standard InChI is InChI=1S/C16H19N3O6S/c1-25-16(20)15-6-5-14(19(21)22)12-13(15)4-3-7-17-8-10-18(11-9-17)26(2,23)24/h5-6,12H,7-11H2,1-2H3. The zero-order valence-electron chi connectivity index (χ0n) is 14.5. The first kappa shape index (κ1) is 19.8. The molecular weight excluding hydrogens is 362 g/mol. The number of carbonyl (C=O) groups excluding carboxylic acids is 1. The summed E-state index contributed by atoms with van der Waals surface area (Å²) in [6.07, 6.45) is 1.18. The van der Waals surface area contributed by atoms with Gasteiger partial charge in [0.1, 0.15) is 0 Å². The maximum absolute atomic E-state index is 11.8. The summed E-state index contributed by atoms with van der Waals surface area (Å²) in [5.74, 6) is 5.05. The molecule has 0 saturated carbocycles. The van der Waals surface area contributed by atoms with E-state index >= 15 is 0 Å². The first-order chi connectivity index (χ1) is 12.2. The van der Waals surface area contributed by atoms with Crippen LogP contribution in [0.3, 0.4) is 0 Å². The van der Waals surface area contributed by atoms with E-state index in [-0.39, 0.29) is 16.8 Å². The van der Waals surface area contributed by atoms with Gasteiger partial charge in [-0.2, -0.15) is 4.31 Å². The zero-order chi connectivity index (χ0) is 19.3. The largest absolute Gasteiger partial charge is 0.465 e. The zero-order valence-corrected chi connectivity index (χ0v) is 15.3. The van der Waals surface area contributed by atoms with Gasteiger partial charge in [0.2, 0.25) is 10.0 Å². The van der Waals surface area contributed by atoms with Crippen LogP contribution in [-0.2, 0) is 14.8 Å². The lowest BCUT2D eigenvalue weighted by molar-refractivity contribution is -0.384. The summed E-state index contributed by atoms with van der Waals surface area (Å²) < 4.78 is 29.1. The van der Waals surface area contributed by atoms with Crippen molar-refractivity contribution in [1.82, 2.24) is 9.21 Å². The summed E-state index contributed by atoms with van der Waals surface area (Å²) in [6.45, 7) is 2.23. The fourth-order valence-corrected chi connectivity index (χ4v) is 3.33. The molecule has 0 aromatic heterocycles. The Hall–Kier alpha value is -2.48. The Bertz CT molecular complexity index is 864. The first-order valence-corrected chi connectivity index (χ1v) is 9.60. The Morgan fingerprint density at radius 3 is 2.50 bits per heavy atom. The predicted molar refractivity (Wildman–Crippen MR) is 94.2 cm³/mol. The fourth-order valence-electron chi connectivity index (χ4n) is 2.50. The molecule has 1 aromatic carbocycles. The molecule has 0 amide bonds. The molecule has 10 heteroatoms. The maximum Gasteiger partial charge on any atom is 0.339 e. The lowest BCUT2D eigenvalue weighted by Crippen LogP contribution is -2.48. The summed E-state index contributed by atoms with van der Waals surface area (Å²) >= 11 is 0. The number of nitro benzene ring substituents is 1. The van der Waals surface area contributed by atoms with Gasteiger partial charge in [-0.3, -0.25) is 15.0 Å². The number of non-ortho nitro benzene ring substituents is 1. The quantitative estimate of drug-likeness (QED) is 0.319. The van der Waals surface area contributed by atoms with Crippen molar-refractivity contribution in [2.45, 2.75) is 0 Å². The van der Waals surface area contributed by atoms with Crippen LogP contribution in [0.1, 0.15) is 15.9 Å². The summed E-state index contributed by atoms with van der Waals surface area (Å²) in [7, 11) is -1.96. The SMILES string of the molecule is COC(=O)c1ccc([N+](=O)[O-])cc1C#CCN1CCN(S(C)(=O)=O)CC1. The van der Waals surface area contributed by atoms with Gasteiger partial charge in [0.15, 0.2) is 0 Å². The molecule has 1 aliphatic heterocycles. The number of piperazine rings is 1. The first-order valence-electron chi connectivity index (χ1n) is 7.75. The average Bonchev–Trinajstić information content (AvgIpc) is 2.60. The molecule has 1 aliphatic rings. The second kappa shape index (κ2) is 8.27. The van der Waals surface area contributed by atoms with Gasteiger partial charge in [-0.25, -0.2) is 13.2 Å². The number of esters is 1. The third-order valence-corrected chi connectivity index (χ3v) is 5.25. The lowest BCUT2D eigenvalue weighted by atomic mass is 10.1. The number of carbonyl (C=O) groups is 1. The van der Waals surface area contributed by atoms with Crippen LogP contribution in [0.15, 0.2) is 18.2 Å². The van der Waals surface area contributed by atoms with Gasteiger partial charge in [-0.05, 0) is 6.07 Å². The van der Waals surface area contributed by atoms with E-state index in [4.69, 9.17) is 0 Å². The number of nitrogens with zero attached hydrogens (tertiary/aromatic N) is 3. The normalized spacial score (nSPS) is 15.8. The fraction of sp³-hybridized carbons (Fsp3) is 0.438. The lowest BCUT2D eigenvalue weighted by Gasteiger charge is -2.31. The van der Waals surface area contributed by atoms with Crippen LogP contribution in [0.5, 0.6) is 0 Å². The summed E-state index contributed by atoms with van der Waals surface area (Å²) in [4.78, 5) is 24.1. The molecular formula is C16H19N3O6S. The van der Waals surface area contributed by atoms with E-state index in [1.807, 2.05) is 4.90 Å². The molecule has 0 unspecified atom stereocenters. The molecule has 26 heavy (non-hydrogen) atoms. The monoisotopic (exact) mass is 381 g/mol. The van der Waals surface area contributed by atoms with E-state index in [9.17, 15) is 23.3 Å². The molecule has 2 rings (SSSR count). The van der Waals surface area contributed by atoms with Crippen molar-refractivity contribution in [3.05, 3.63) is 39.4 Å². The van der Waals surface area contributed by atoms with Crippen LogP contribution in [0.4, 0.5) is 5.69 Å². The minimum absolute atomic E-state index is 0.160. The van der Waals surface area contributed by atoms with Crippen molar-refractivity contribution in [3.63, 3.8) is 0 Å². The Balaban J connectivity index is 2.10. The highest BCUT2D eigenvalue weighted by Crippen LogP contribution is 2.18. The number of nitro groups is 1. The van der Waals surface area contributed by atoms with Gasteiger partial charge in [0.05, 0.1) is 30.4 Å². The second-order valence-corrected chi connectivity index (χ2v) is 7.70. The minimum Gasteiger partial charge on any atom is -0.465 e. The highest BCUT2D eigenvalue weighted by Gasteiger charge is 2.22. The Morgan fingerprint density at radius 1 is 1.31 bits per heavy atom.